The molecule has 1 heterocycles. The van der Waals surface area contributed by atoms with Gasteiger partial charge in [-0.25, -0.2) is 4.79 Å². The number of aryl methyl sites for hydroxylation is 1. The zero-order valence-corrected chi connectivity index (χ0v) is 7.99. The van der Waals surface area contributed by atoms with E-state index in [9.17, 15) is 4.79 Å². The highest BCUT2D eigenvalue weighted by molar-refractivity contribution is 5.81. The number of fused-ring (bicyclic) bond motifs is 1. The van der Waals surface area contributed by atoms with Gasteiger partial charge in [0.1, 0.15) is 11.3 Å². The summed E-state index contributed by atoms with van der Waals surface area (Å²) in [5.74, 6) is -0.328. The third-order valence-electron chi connectivity index (χ3n) is 3.13. The summed E-state index contributed by atoms with van der Waals surface area (Å²) >= 11 is 0. The molecule has 0 radical (unpaired) electrons. The average molecular weight is 195 g/mol. The van der Waals surface area contributed by atoms with E-state index in [1.807, 2.05) is 6.92 Å². The molecule has 0 fully saturated rings. The van der Waals surface area contributed by atoms with Crippen molar-refractivity contribution in [3.63, 3.8) is 0 Å². The number of hydrogen-bond acceptors (Lipinski definition) is 3. The van der Waals surface area contributed by atoms with Gasteiger partial charge in [-0.2, -0.15) is 0 Å². The lowest BCUT2D eigenvalue weighted by Gasteiger charge is -2.34. The molecule has 1 aliphatic rings. The smallest absolute Gasteiger partial charge is 0.328 e. The van der Waals surface area contributed by atoms with E-state index in [0.29, 0.717) is 11.3 Å². The van der Waals surface area contributed by atoms with Gasteiger partial charge in [0.2, 0.25) is 0 Å². The van der Waals surface area contributed by atoms with Crippen LogP contribution in [0.3, 0.4) is 0 Å². The van der Waals surface area contributed by atoms with Gasteiger partial charge in [0, 0.05) is 12.0 Å². The lowest BCUT2D eigenvalue weighted by atomic mass is 9.73. The van der Waals surface area contributed by atoms with Gasteiger partial charge in [0.05, 0.1) is 6.26 Å². The highest BCUT2D eigenvalue weighted by atomic mass is 16.4. The van der Waals surface area contributed by atoms with E-state index in [4.69, 9.17) is 15.3 Å². The third kappa shape index (κ3) is 1.00. The summed E-state index contributed by atoms with van der Waals surface area (Å²) in [7, 11) is 0. The van der Waals surface area contributed by atoms with Gasteiger partial charge < -0.3 is 15.3 Å². The lowest BCUT2D eigenvalue weighted by Crippen LogP contribution is -2.52. The number of carbonyl (C=O) groups is 1. The fourth-order valence-corrected chi connectivity index (χ4v) is 2.07. The van der Waals surface area contributed by atoms with Crippen LogP contribution in [0.2, 0.25) is 0 Å². The molecule has 1 aromatic rings. The maximum Gasteiger partial charge on any atom is 0.328 e. The van der Waals surface area contributed by atoms with Crippen molar-refractivity contribution in [2.24, 2.45) is 11.7 Å². The molecule has 0 aromatic carbocycles. The molecular weight excluding hydrogens is 182 g/mol. The van der Waals surface area contributed by atoms with E-state index in [2.05, 4.69) is 0 Å². The lowest BCUT2D eigenvalue weighted by molar-refractivity contribution is -0.146. The van der Waals surface area contributed by atoms with Crippen LogP contribution in [0.4, 0.5) is 0 Å². The Hall–Kier alpha value is -1.29. The standard InChI is InChI=1S/C10H13NO3/c1-6-2-3-8-7(4-5-14-8)10(6,11)9(12)13/h4-6H,2-3,11H2,1H3,(H,12,13). The average Bonchev–Trinajstić information content (AvgIpc) is 2.59. The first-order chi connectivity index (χ1) is 6.56. The van der Waals surface area contributed by atoms with Gasteiger partial charge >= 0.3 is 5.97 Å². The molecule has 0 spiro atoms. The highest BCUT2D eigenvalue weighted by Gasteiger charge is 2.46. The molecule has 0 bridgehead atoms. The molecular formula is C10H13NO3. The fraction of sp³-hybridized carbons (Fsp3) is 0.500. The van der Waals surface area contributed by atoms with Crippen LogP contribution >= 0.6 is 0 Å². The molecule has 76 valence electrons. The van der Waals surface area contributed by atoms with Crippen LogP contribution in [0.15, 0.2) is 16.7 Å². The Morgan fingerprint density at radius 2 is 2.50 bits per heavy atom. The Morgan fingerprint density at radius 1 is 1.79 bits per heavy atom. The maximum atomic E-state index is 11.2. The third-order valence-corrected chi connectivity index (χ3v) is 3.13. The van der Waals surface area contributed by atoms with Crippen molar-refractivity contribution in [2.75, 3.05) is 0 Å². The zero-order valence-electron chi connectivity index (χ0n) is 7.99. The molecule has 0 saturated heterocycles. The van der Waals surface area contributed by atoms with Crippen LogP contribution < -0.4 is 5.73 Å². The van der Waals surface area contributed by atoms with Crippen molar-refractivity contribution in [3.8, 4) is 0 Å². The second-order valence-corrected chi connectivity index (χ2v) is 3.87. The first-order valence-corrected chi connectivity index (χ1v) is 4.66. The molecule has 14 heavy (non-hydrogen) atoms. The van der Waals surface area contributed by atoms with Gasteiger partial charge in [-0.3, -0.25) is 0 Å². The Balaban J connectivity index is 2.56. The summed E-state index contributed by atoms with van der Waals surface area (Å²) in [6, 6.07) is 1.67. The number of rotatable bonds is 1. The van der Waals surface area contributed by atoms with Crippen molar-refractivity contribution < 1.29 is 14.3 Å². The van der Waals surface area contributed by atoms with Crippen LogP contribution in [0.25, 0.3) is 0 Å². The second-order valence-electron chi connectivity index (χ2n) is 3.87. The van der Waals surface area contributed by atoms with Crippen LogP contribution in [0.1, 0.15) is 24.7 Å². The van der Waals surface area contributed by atoms with Gasteiger partial charge in [0.15, 0.2) is 0 Å². The molecule has 4 nitrogen and oxygen atoms in total. The first-order valence-electron chi connectivity index (χ1n) is 4.66. The van der Waals surface area contributed by atoms with Crippen LogP contribution in [-0.4, -0.2) is 11.1 Å². The normalized spacial score (nSPS) is 31.1. The minimum Gasteiger partial charge on any atom is -0.480 e. The molecule has 1 aliphatic carbocycles. The van der Waals surface area contributed by atoms with Gasteiger partial charge in [0.25, 0.3) is 0 Å². The van der Waals surface area contributed by atoms with E-state index < -0.39 is 11.5 Å². The molecule has 2 rings (SSSR count). The number of carboxylic acid groups (broad SMARTS) is 1. The molecule has 0 saturated carbocycles. The summed E-state index contributed by atoms with van der Waals surface area (Å²) in [5.41, 5.74) is 5.29. The Morgan fingerprint density at radius 3 is 3.14 bits per heavy atom. The SMILES string of the molecule is CC1CCc2occc2C1(N)C(=O)O. The largest absolute Gasteiger partial charge is 0.480 e. The van der Waals surface area contributed by atoms with Crippen molar-refractivity contribution in [1.29, 1.82) is 0 Å². The Kier molecular flexibility index (Phi) is 1.89. The van der Waals surface area contributed by atoms with E-state index >= 15 is 0 Å². The Labute approximate surface area is 81.7 Å². The van der Waals surface area contributed by atoms with E-state index in [1.54, 1.807) is 6.07 Å². The van der Waals surface area contributed by atoms with Crippen LogP contribution in [0, 0.1) is 5.92 Å². The van der Waals surface area contributed by atoms with Crippen molar-refractivity contribution in [3.05, 3.63) is 23.7 Å². The van der Waals surface area contributed by atoms with E-state index in [0.717, 1.165) is 12.8 Å². The van der Waals surface area contributed by atoms with Crippen LogP contribution in [0.5, 0.6) is 0 Å². The number of nitrogens with two attached hydrogens (primary N) is 1. The summed E-state index contributed by atoms with van der Waals surface area (Å²) < 4.78 is 5.21. The molecule has 3 N–H and O–H groups in total. The van der Waals surface area contributed by atoms with Crippen molar-refractivity contribution >= 4 is 5.97 Å². The summed E-state index contributed by atoms with van der Waals surface area (Å²) in [5, 5.41) is 9.17. The fourth-order valence-electron chi connectivity index (χ4n) is 2.07. The molecule has 2 unspecified atom stereocenters. The number of carboxylic acids is 1. The predicted molar refractivity (Wildman–Crippen MR) is 49.7 cm³/mol. The topological polar surface area (TPSA) is 76.5 Å². The van der Waals surface area contributed by atoms with Crippen molar-refractivity contribution in [2.45, 2.75) is 25.3 Å². The molecule has 0 amide bonds. The van der Waals surface area contributed by atoms with E-state index in [-0.39, 0.29) is 5.92 Å². The maximum absolute atomic E-state index is 11.2. The minimum atomic E-state index is -1.28. The molecule has 0 aliphatic heterocycles. The quantitative estimate of drug-likeness (QED) is 0.703. The zero-order chi connectivity index (χ0) is 10.3. The Bertz CT molecular complexity index is 371. The molecule has 4 heteroatoms. The number of furan rings is 1. The predicted octanol–water partition coefficient (Wildman–Crippen LogP) is 1.10. The van der Waals surface area contributed by atoms with E-state index in [1.165, 1.54) is 6.26 Å². The second kappa shape index (κ2) is 2.85. The van der Waals surface area contributed by atoms with Gasteiger partial charge in [-0.15, -0.1) is 0 Å². The summed E-state index contributed by atoms with van der Waals surface area (Å²) in [6.45, 7) is 1.87. The van der Waals surface area contributed by atoms with Crippen molar-refractivity contribution in [1.82, 2.24) is 0 Å². The van der Waals surface area contributed by atoms with Gasteiger partial charge in [-0.05, 0) is 18.4 Å². The number of hydrogen-bond donors (Lipinski definition) is 2. The minimum absolute atomic E-state index is 0.0647. The molecule has 1 aromatic heterocycles. The van der Waals surface area contributed by atoms with Crippen LogP contribution in [-0.2, 0) is 16.8 Å². The monoisotopic (exact) mass is 195 g/mol. The summed E-state index contributed by atoms with van der Waals surface area (Å²) in [6.07, 6.45) is 3.03. The van der Waals surface area contributed by atoms with Gasteiger partial charge in [-0.1, -0.05) is 6.92 Å². The number of aliphatic carboxylic acids is 1. The highest BCUT2D eigenvalue weighted by Crippen LogP contribution is 2.38. The molecule has 2 atom stereocenters. The first kappa shape index (κ1) is 9.27. The summed E-state index contributed by atoms with van der Waals surface area (Å²) in [4.78, 5) is 11.2.